The van der Waals surface area contributed by atoms with Crippen LogP contribution in [-0.4, -0.2) is 33.7 Å². The third-order valence-corrected chi connectivity index (χ3v) is 3.64. The number of halogens is 2. The molecule has 1 atom stereocenters. The van der Waals surface area contributed by atoms with E-state index >= 15 is 0 Å². The number of carbonyl (C=O) groups excluding carboxylic acids is 2. The van der Waals surface area contributed by atoms with E-state index in [1.807, 2.05) is 0 Å². The van der Waals surface area contributed by atoms with Crippen molar-refractivity contribution in [2.24, 2.45) is 0 Å². The standard InChI is InChI=1S/C15H14F2N4O3S/c1-8(24-14(23)11-12(18)20-7-6-19-11)13(22)21-9-2-4-10(5-3-9)25-15(16)17/h2-8,15H,1H3,(H2,18,20)(H,21,22). The Morgan fingerprint density at radius 3 is 2.44 bits per heavy atom. The van der Waals surface area contributed by atoms with Gasteiger partial charge in [0.15, 0.2) is 17.6 Å². The monoisotopic (exact) mass is 368 g/mol. The van der Waals surface area contributed by atoms with Crippen LogP contribution in [0.4, 0.5) is 20.3 Å². The van der Waals surface area contributed by atoms with E-state index in [2.05, 4.69) is 15.3 Å². The molecule has 1 aromatic carbocycles. The van der Waals surface area contributed by atoms with Gasteiger partial charge in [0.1, 0.15) is 0 Å². The van der Waals surface area contributed by atoms with Gasteiger partial charge in [0, 0.05) is 23.0 Å². The number of amides is 1. The van der Waals surface area contributed by atoms with E-state index < -0.39 is 23.7 Å². The highest BCUT2D eigenvalue weighted by Crippen LogP contribution is 2.26. The fraction of sp³-hybridized carbons (Fsp3) is 0.200. The second-order valence-corrected chi connectivity index (χ2v) is 5.79. The molecule has 0 aliphatic heterocycles. The number of ether oxygens (including phenoxy) is 1. The molecule has 132 valence electrons. The van der Waals surface area contributed by atoms with Gasteiger partial charge in [-0.15, -0.1) is 0 Å². The molecular weight excluding hydrogens is 354 g/mol. The second-order valence-electron chi connectivity index (χ2n) is 4.73. The van der Waals surface area contributed by atoms with Crippen molar-refractivity contribution in [3.05, 3.63) is 42.4 Å². The van der Waals surface area contributed by atoms with Crippen molar-refractivity contribution in [1.29, 1.82) is 0 Å². The largest absolute Gasteiger partial charge is 0.448 e. The van der Waals surface area contributed by atoms with Gasteiger partial charge in [0.05, 0.1) is 0 Å². The third-order valence-electron chi connectivity index (χ3n) is 2.92. The number of rotatable bonds is 6. The quantitative estimate of drug-likeness (QED) is 0.596. The van der Waals surface area contributed by atoms with E-state index in [0.29, 0.717) is 22.3 Å². The summed E-state index contributed by atoms with van der Waals surface area (Å²) in [5.41, 5.74) is 5.71. The summed E-state index contributed by atoms with van der Waals surface area (Å²) in [5.74, 6) is -4.09. The zero-order valence-electron chi connectivity index (χ0n) is 13.0. The number of nitrogens with zero attached hydrogens (tertiary/aromatic N) is 2. The Balaban J connectivity index is 1.94. The summed E-state index contributed by atoms with van der Waals surface area (Å²) < 4.78 is 29.5. The molecule has 0 radical (unpaired) electrons. The molecule has 25 heavy (non-hydrogen) atoms. The van der Waals surface area contributed by atoms with Gasteiger partial charge in [-0.3, -0.25) is 4.79 Å². The Morgan fingerprint density at radius 1 is 1.20 bits per heavy atom. The zero-order chi connectivity index (χ0) is 18.4. The van der Waals surface area contributed by atoms with Crippen LogP contribution in [0.15, 0.2) is 41.6 Å². The molecule has 0 aliphatic carbocycles. The summed E-state index contributed by atoms with van der Waals surface area (Å²) in [4.78, 5) is 31.8. The van der Waals surface area contributed by atoms with Crippen molar-refractivity contribution in [2.75, 3.05) is 11.1 Å². The molecule has 1 amide bonds. The highest BCUT2D eigenvalue weighted by atomic mass is 32.2. The first-order valence-electron chi connectivity index (χ1n) is 7.00. The van der Waals surface area contributed by atoms with Crippen LogP contribution >= 0.6 is 11.8 Å². The van der Waals surface area contributed by atoms with Crippen LogP contribution in [0.3, 0.4) is 0 Å². The Bertz CT molecular complexity index is 759. The number of nitrogen functional groups attached to an aromatic ring is 1. The zero-order valence-corrected chi connectivity index (χ0v) is 13.8. The van der Waals surface area contributed by atoms with Gasteiger partial charge in [0.25, 0.3) is 11.7 Å². The highest BCUT2D eigenvalue weighted by molar-refractivity contribution is 7.99. The first-order chi connectivity index (χ1) is 11.9. The minimum atomic E-state index is -2.52. The molecule has 3 N–H and O–H groups in total. The molecule has 7 nitrogen and oxygen atoms in total. The van der Waals surface area contributed by atoms with E-state index in [4.69, 9.17) is 10.5 Å². The number of hydrogen-bond donors (Lipinski definition) is 2. The van der Waals surface area contributed by atoms with Crippen LogP contribution in [0.2, 0.25) is 0 Å². The highest BCUT2D eigenvalue weighted by Gasteiger charge is 2.21. The Labute approximate surface area is 146 Å². The number of nitrogens with two attached hydrogens (primary N) is 1. The minimum absolute atomic E-state index is 0.104. The molecule has 2 aromatic rings. The molecule has 0 saturated carbocycles. The SMILES string of the molecule is CC(OC(=O)c1nccnc1N)C(=O)Nc1ccc(SC(F)F)cc1. The molecule has 0 saturated heterocycles. The van der Waals surface area contributed by atoms with Crippen molar-refractivity contribution in [3.8, 4) is 0 Å². The molecule has 0 spiro atoms. The lowest BCUT2D eigenvalue weighted by molar-refractivity contribution is -0.123. The van der Waals surface area contributed by atoms with Crippen LogP contribution < -0.4 is 11.1 Å². The average Bonchev–Trinajstić information content (AvgIpc) is 2.56. The number of aromatic nitrogens is 2. The third kappa shape index (κ3) is 5.38. The molecule has 0 aliphatic rings. The molecule has 1 aromatic heterocycles. The van der Waals surface area contributed by atoms with Crippen LogP contribution in [0.5, 0.6) is 0 Å². The van der Waals surface area contributed by atoms with Gasteiger partial charge < -0.3 is 15.8 Å². The smallest absolute Gasteiger partial charge is 0.361 e. The van der Waals surface area contributed by atoms with Gasteiger partial charge in [-0.2, -0.15) is 8.78 Å². The van der Waals surface area contributed by atoms with Gasteiger partial charge in [0.2, 0.25) is 0 Å². The van der Waals surface area contributed by atoms with E-state index in [1.165, 1.54) is 43.6 Å². The maximum absolute atomic E-state index is 12.3. The first-order valence-corrected chi connectivity index (χ1v) is 7.88. The number of anilines is 2. The normalized spacial score (nSPS) is 11.8. The number of alkyl halides is 2. The van der Waals surface area contributed by atoms with Gasteiger partial charge in [-0.25, -0.2) is 14.8 Å². The fourth-order valence-corrected chi connectivity index (χ4v) is 2.24. The fourth-order valence-electron chi connectivity index (χ4n) is 1.74. The lowest BCUT2D eigenvalue weighted by Gasteiger charge is -2.13. The lowest BCUT2D eigenvalue weighted by atomic mass is 10.3. The summed E-state index contributed by atoms with van der Waals surface area (Å²) >= 11 is 0.400. The van der Waals surface area contributed by atoms with Crippen LogP contribution in [0, 0.1) is 0 Å². The van der Waals surface area contributed by atoms with Gasteiger partial charge in [-0.1, -0.05) is 11.8 Å². The average molecular weight is 368 g/mol. The predicted molar refractivity (Wildman–Crippen MR) is 88.3 cm³/mol. The van der Waals surface area contributed by atoms with Crippen molar-refractivity contribution >= 4 is 35.1 Å². The number of carbonyl (C=O) groups is 2. The van der Waals surface area contributed by atoms with Crippen LogP contribution in [-0.2, 0) is 9.53 Å². The molecule has 1 unspecified atom stereocenters. The molecule has 2 rings (SSSR count). The Morgan fingerprint density at radius 2 is 1.84 bits per heavy atom. The number of nitrogens with one attached hydrogen (secondary N) is 1. The van der Waals surface area contributed by atoms with Gasteiger partial charge in [-0.05, 0) is 31.2 Å². The Hall–Kier alpha value is -2.75. The molecule has 1 heterocycles. The van der Waals surface area contributed by atoms with E-state index in [1.54, 1.807) is 0 Å². The summed E-state index contributed by atoms with van der Waals surface area (Å²) in [6.07, 6.45) is 1.47. The molecule has 10 heteroatoms. The summed E-state index contributed by atoms with van der Waals surface area (Å²) in [7, 11) is 0. The maximum Gasteiger partial charge on any atom is 0.361 e. The predicted octanol–water partition coefficient (Wildman–Crippen LogP) is 2.56. The molecular formula is C15H14F2N4O3S. The number of hydrogen-bond acceptors (Lipinski definition) is 7. The summed E-state index contributed by atoms with van der Waals surface area (Å²) in [6.45, 7) is 1.38. The molecule has 0 bridgehead atoms. The topological polar surface area (TPSA) is 107 Å². The number of esters is 1. The summed E-state index contributed by atoms with van der Waals surface area (Å²) in [5, 5.41) is 2.51. The van der Waals surface area contributed by atoms with E-state index in [9.17, 15) is 18.4 Å². The van der Waals surface area contributed by atoms with Crippen molar-refractivity contribution in [2.45, 2.75) is 23.7 Å². The van der Waals surface area contributed by atoms with Crippen molar-refractivity contribution < 1.29 is 23.1 Å². The van der Waals surface area contributed by atoms with E-state index in [0.717, 1.165) is 0 Å². The maximum atomic E-state index is 12.3. The Kier molecular flexibility index (Phi) is 6.23. The number of thioether (sulfide) groups is 1. The van der Waals surface area contributed by atoms with Crippen molar-refractivity contribution in [3.63, 3.8) is 0 Å². The van der Waals surface area contributed by atoms with Crippen molar-refractivity contribution in [1.82, 2.24) is 9.97 Å². The second kappa shape index (κ2) is 8.38. The van der Waals surface area contributed by atoms with Crippen LogP contribution in [0.1, 0.15) is 17.4 Å². The number of benzene rings is 1. The first kappa shape index (κ1) is 18.6. The minimum Gasteiger partial charge on any atom is -0.448 e. The molecule has 0 fully saturated rings. The summed E-state index contributed by atoms with van der Waals surface area (Å²) in [6, 6.07) is 5.84. The van der Waals surface area contributed by atoms with Crippen LogP contribution in [0.25, 0.3) is 0 Å². The lowest BCUT2D eigenvalue weighted by Crippen LogP contribution is -2.30. The van der Waals surface area contributed by atoms with E-state index in [-0.39, 0.29) is 11.5 Å². The van der Waals surface area contributed by atoms with Gasteiger partial charge >= 0.3 is 5.97 Å².